The molecule has 0 amide bonds. The van der Waals surface area contributed by atoms with Gasteiger partial charge in [-0.05, 0) is 31.4 Å². The summed E-state index contributed by atoms with van der Waals surface area (Å²) < 4.78 is 37.7. The average molecular weight is 343 g/mol. The minimum absolute atomic E-state index is 0.341. The number of pyridine rings is 1. The van der Waals surface area contributed by atoms with E-state index in [1.807, 2.05) is 30.0 Å². The summed E-state index contributed by atoms with van der Waals surface area (Å²) in [6.45, 7) is 4.03. The second kappa shape index (κ2) is 6.31. The number of rotatable bonds is 4. The summed E-state index contributed by atoms with van der Waals surface area (Å²) in [5, 5.41) is 9.64. The van der Waals surface area contributed by atoms with Crippen molar-refractivity contribution < 1.29 is 13.2 Å². The fourth-order valence-corrected chi connectivity index (χ4v) is 3.27. The molecule has 3 heterocycles. The Morgan fingerprint density at radius 2 is 2.17 bits per heavy atom. The summed E-state index contributed by atoms with van der Waals surface area (Å²) in [5.74, 6) is 1.16. The molecular formula is C14H16F3N5S. The number of aromatic nitrogens is 3. The lowest BCUT2D eigenvalue weighted by atomic mass is 10.1. The Labute approximate surface area is 135 Å². The monoisotopic (exact) mass is 343 g/mol. The van der Waals surface area contributed by atoms with E-state index in [-0.39, 0.29) is 0 Å². The molecule has 1 saturated heterocycles. The summed E-state index contributed by atoms with van der Waals surface area (Å²) in [6.07, 6.45) is -3.52. The van der Waals surface area contributed by atoms with Gasteiger partial charge in [0.15, 0.2) is 0 Å². The summed E-state index contributed by atoms with van der Waals surface area (Å²) >= 11 is 0.601. The van der Waals surface area contributed by atoms with Gasteiger partial charge in [-0.15, -0.1) is 10.2 Å². The van der Waals surface area contributed by atoms with Crippen molar-refractivity contribution in [2.75, 3.05) is 29.9 Å². The summed E-state index contributed by atoms with van der Waals surface area (Å²) in [7, 11) is 0. The van der Waals surface area contributed by atoms with Gasteiger partial charge < -0.3 is 10.2 Å². The Balaban J connectivity index is 1.55. The van der Waals surface area contributed by atoms with Gasteiger partial charge in [-0.25, -0.2) is 4.98 Å². The lowest BCUT2D eigenvalue weighted by molar-refractivity contribution is -0.138. The molecule has 1 aliphatic rings. The average Bonchev–Trinajstić information content (AvgIpc) is 3.13. The van der Waals surface area contributed by atoms with E-state index in [1.54, 1.807) is 0 Å². The Morgan fingerprint density at radius 1 is 1.35 bits per heavy atom. The molecule has 0 unspecified atom stereocenters. The van der Waals surface area contributed by atoms with Gasteiger partial charge in [0.2, 0.25) is 10.1 Å². The standard InChI is InChI=1S/C14H16F3N5S/c1-9-3-2-4-11(19-9)18-7-10-5-6-22(8-10)13-21-20-12(23-13)14(15,16)17/h2-4,10H,5-8H2,1H3,(H,18,19)/t10-/m0/s1. The second-order valence-electron chi connectivity index (χ2n) is 5.53. The van der Waals surface area contributed by atoms with Gasteiger partial charge in [0.25, 0.3) is 0 Å². The van der Waals surface area contributed by atoms with E-state index >= 15 is 0 Å². The smallest absolute Gasteiger partial charge is 0.370 e. The molecule has 1 fully saturated rings. The highest BCUT2D eigenvalue weighted by atomic mass is 32.1. The molecule has 2 aromatic heterocycles. The molecular weight excluding hydrogens is 327 g/mol. The molecule has 0 bridgehead atoms. The van der Waals surface area contributed by atoms with Crippen LogP contribution in [0.2, 0.25) is 0 Å². The van der Waals surface area contributed by atoms with Gasteiger partial charge in [-0.3, -0.25) is 0 Å². The van der Waals surface area contributed by atoms with E-state index in [0.29, 0.717) is 35.5 Å². The number of anilines is 2. The fourth-order valence-electron chi connectivity index (χ4n) is 2.52. The van der Waals surface area contributed by atoms with Gasteiger partial charge in [0, 0.05) is 25.3 Å². The zero-order valence-electron chi connectivity index (χ0n) is 12.5. The molecule has 0 spiro atoms. The van der Waals surface area contributed by atoms with Crippen LogP contribution in [0.3, 0.4) is 0 Å². The van der Waals surface area contributed by atoms with E-state index in [9.17, 15) is 13.2 Å². The first kappa shape index (κ1) is 16.0. The van der Waals surface area contributed by atoms with Crippen molar-refractivity contribution in [3.8, 4) is 0 Å². The second-order valence-corrected chi connectivity index (χ2v) is 6.49. The fraction of sp³-hybridized carbons (Fsp3) is 0.500. The van der Waals surface area contributed by atoms with Crippen molar-refractivity contribution in [3.63, 3.8) is 0 Å². The number of aryl methyl sites for hydroxylation is 1. The van der Waals surface area contributed by atoms with Gasteiger partial charge in [-0.1, -0.05) is 17.4 Å². The highest BCUT2D eigenvalue weighted by Crippen LogP contribution is 2.35. The lowest BCUT2D eigenvalue weighted by Crippen LogP contribution is -2.22. The number of nitrogens with zero attached hydrogens (tertiary/aromatic N) is 4. The van der Waals surface area contributed by atoms with Gasteiger partial charge >= 0.3 is 6.18 Å². The third-order valence-electron chi connectivity index (χ3n) is 3.67. The zero-order valence-corrected chi connectivity index (χ0v) is 13.3. The van der Waals surface area contributed by atoms with Gasteiger partial charge in [0.05, 0.1) is 0 Å². The van der Waals surface area contributed by atoms with Crippen LogP contribution in [0.25, 0.3) is 0 Å². The topological polar surface area (TPSA) is 53.9 Å². The maximum absolute atomic E-state index is 12.6. The molecule has 2 aromatic rings. The van der Waals surface area contributed by atoms with E-state index in [2.05, 4.69) is 20.5 Å². The van der Waals surface area contributed by atoms with Gasteiger partial charge in [0.1, 0.15) is 5.82 Å². The number of nitrogens with one attached hydrogen (secondary N) is 1. The van der Waals surface area contributed by atoms with Crippen molar-refractivity contribution in [1.29, 1.82) is 0 Å². The molecule has 9 heteroatoms. The third kappa shape index (κ3) is 3.90. The maximum atomic E-state index is 12.6. The van der Waals surface area contributed by atoms with Crippen LogP contribution >= 0.6 is 11.3 Å². The maximum Gasteiger partial charge on any atom is 0.445 e. The quantitative estimate of drug-likeness (QED) is 0.924. The predicted octanol–water partition coefficient (Wildman–Crippen LogP) is 3.20. The minimum atomic E-state index is -4.42. The van der Waals surface area contributed by atoms with Crippen molar-refractivity contribution in [1.82, 2.24) is 15.2 Å². The molecule has 0 aromatic carbocycles. The largest absolute Gasteiger partial charge is 0.445 e. The number of alkyl halides is 3. The number of hydrogen-bond donors (Lipinski definition) is 1. The Morgan fingerprint density at radius 3 is 2.87 bits per heavy atom. The molecule has 0 radical (unpaired) electrons. The minimum Gasteiger partial charge on any atom is -0.370 e. The van der Waals surface area contributed by atoms with Crippen LogP contribution in [0.4, 0.5) is 24.1 Å². The van der Waals surface area contributed by atoms with Crippen molar-refractivity contribution in [2.45, 2.75) is 19.5 Å². The normalized spacial score (nSPS) is 18.4. The molecule has 0 saturated carbocycles. The van der Waals surface area contributed by atoms with E-state index in [0.717, 1.165) is 24.5 Å². The Hall–Kier alpha value is -1.90. The van der Waals surface area contributed by atoms with Gasteiger partial charge in [-0.2, -0.15) is 13.2 Å². The van der Waals surface area contributed by atoms with E-state index < -0.39 is 11.2 Å². The highest BCUT2D eigenvalue weighted by Gasteiger charge is 2.37. The van der Waals surface area contributed by atoms with E-state index in [4.69, 9.17) is 0 Å². The van der Waals surface area contributed by atoms with Crippen LogP contribution in [-0.2, 0) is 6.18 Å². The predicted molar refractivity (Wildman–Crippen MR) is 82.7 cm³/mol. The van der Waals surface area contributed by atoms with Crippen LogP contribution in [0.5, 0.6) is 0 Å². The first-order chi connectivity index (χ1) is 10.9. The van der Waals surface area contributed by atoms with Crippen LogP contribution in [-0.4, -0.2) is 34.8 Å². The first-order valence-corrected chi connectivity index (χ1v) is 8.06. The highest BCUT2D eigenvalue weighted by molar-refractivity contribution is 7.15. The summed E-state index contributed by atoms with van der Waals surface area (Å²) in [5.41, 5.74) is 0.941. The molecule has 23 heavy (non-hydrogen) atoms. The van der Waals surface area contributed by atoms with Crippen LogP contribution in [0.15, 0.2) is 18.2 Å². The Bertz CT molecular complexity index is 672. The summed E-state index contributed by atoms with van der Waals surface area (Å²) in [6, 6.07) is 5.77. The molecule has 124 valence electrons. The zero-order chi connectivity index (χ0) is 16.4. The molecule has 1 aliphatic heterocycles. The number of hydrogen-bond acceptors (Lipinski definition) is 6. The SMILES string of the molecule is Cc1cccc(NC[C@@H]2CCN(c3nnc(C(F)(F)F)s3)C2)n1. The molecule has 5 nitrogen and oxygen atoms in total. The molecule has 0 aliphatic carbocycles. The van der Waals surface area contributed by atoms with Crippen LogP contribution in [0.1, 0.15) is 17.1 Å². The molecule has 1 atom stereocenters. The number of halogens is 3. The van der Waals surface area contributed by atoms with Crippen molar-refractivity contribution >= 4 is 22.3 Å². The van der Waals surface area contributed by atoms with Crippen LogP contribution < -0.4 is 10.2 Å². The van der Waals surface area contributed by atoms with E-state index in [1.165, 1.54) is 0 Å². The molecule has 1 N–H and O–H groups in total. The van der Waals surface area contributed by atoms with Crippen LogP contribution in [0, 0.1) is 12.8 Å². The third-order valence-corrected chi connectivity index (χ3v) is 4.70. The lowest BCUT2D eigenvalue weighted by Gasteiger charge is -2.15. The first-order valence-electron chi connectivity index (χ1n) is 7.25. The molecule has 3 rings (SSSR count). The van der Waals surface area contributed by atoms with Crippen molar-refractivity contribution in [2.24, 2.45) is 5.92 Å². The summed E-state index contributed by atoms with van der Waals surface area (Å²) in [4.78, 5) is 6.24. The Kier molecular flexibility index (Phi) is 4.38. The van der Waals surface area contributed by atoms with Crippen molar-refractivity contribution in [3.05, 3.63) is 28.9 Å².